The van der Waals surface area contributed by atoms with E-state index in [2.05, 4.69) is 15.4 Å². The van der Waals surface area contributed by atoms with E-state index in [0.717, 1.165) is 0 Å². The Morgan fingerprint density at radius 3 is 1.75 bits per heavy atom. The van der Waals surface area contributed by atoms with E-state index >= 15 is 0 Å². The molecule has 20 heavy (non-hydrogen) atoms. The second-order valence-electron chi connectivity index (χ2n) is 4.28. The lowest BCUT2D eigenvalue weighted by molar-refractivity contribution is 0.592. The van der Waals surface area contributed by atoms with Crippen LogP contribution in [0.1, 0.15) is 0 Å². The van der Waals surface area contributed by atoms with Gasteiger partial charge in [-0.15, -0.1) is 5.10 Å². The van der Waals surface area contributed by atoms with Crippen molar-refractivity contribution in [3.05, 3.63) is 71.0 Å². The number of nitrogens with one attached hydrogen (secondary N) is 2. The van der Waals surface area contributed by atoms with Crippen LogP contribution in [0.4, 0.5) is 0 Å². The van der Waals surface area contributed by atoms with Crippen LogP contribution in [0.15, 0.2) is 65.5 Å². The first kappa shape index (κ1) is 12.6. The average molecular weight is 285 g/mol. The van der Waals surface area contributed by atoms with Gasteiger partial charge in [-0.05, 0) is 0 Å². The molecule has 0 unspecified atom stereocenters. The molecule has 0 spiro atoms. The Morgan fingerprint density at radius 1 is 0.850 bits per heavy atom. The lowest BCUT2D eigenvalue weighted by Gasteiger charge is -2.15. The summed E-state index contributed by atoms with van der Waals surface area (Å²) in [5, 5.41) is 9.79. The summed E-state index contributed by atoms with van der Waals surface area (Å²) in [6.45, 7) is 0. The van der Waals surface area contributed by atoms with Crippen molar-refractivity contribution in [2.45, 2.75) is 0 Å². The zero-order valence-electron chi connectivity index (χ0n) is 10.5. The van der Waals surface area contributed by atoms with Crippen LogP contribution < -0.4 is 21.6 Å². The van der Waals surface area contributed by atoms with E-state index in [-0.39, 0.29) is 5.44 Å². The maximum atomic E-state index is 13.6. The molecule has 0 fully saturated rings. The highest BCUT2D eigenvalue weighted by atomic mass is 31.2. The summed E-state index contributed by atoms with van der Waals surface area (Å²) in [5.41, 5.74) is -0.434. The smallest absolute Gasteiger partial charge is 0.295 e. The van der Waals surface area contributed by atoms with E-state index < -0.39 is 12.7 Å². The Hall–Kier alpha value is -2.39. The molecule has 3 aromatic rings. The quantitative estimate of drug-likeness (QED) is 0.697. The van der Waals surface area contributed by atoms with Crippen LogP contribution in [0.5, 0.6) is 0 Å². The van der Waals surface area contributed by atoms with Crippen molar-refractivity contribution in [1.82, 2.24) is 15.4 Å². The third-order valence-corrected chi connectivity index (χ3v) is 6.02. The molecule has 5 nitrogen and oxygen atoms in total. The third kappa shape index (κ3) is 1.92. The van der Waals surface area contributed by atoms with Crippen molar-refractivity contribution in [1.29, 1.82) is 0 Å². The molecule has 1 aromatic heterocycles. The first-order chi connectivity index (χ1) is 9.73. The van der Waals surface area contributed by atoms with Crippen molar-refractivity contribution in [3.8, 4) is 0 Å². The molecule has 0 bridgehead atoms. The fourth-order valence-corrected chi connectivity index (χ4v) is 4.63. The van der Waals surface area contributed by atoms with Gasteiger partial charge in [0.2, 0.25) is 0 Å². The molecule has 0 aliphatic carbocycles. The van der Waals surface area contributed by atoms with Gasteiger partial charge in [-0.2, -0.15) is 0 Å². The van der Waals surface area contributed by atoms with Crippen LogP contribution in [0, 0.1) is 0 Å². The van der Waals surface area contributed by atoms with Crippen molar-refractivity contribution >= 4 is 23.2 Å². The number of hydrogen-bond acceptors (Lipinski definition) is 3. The van der Waals surface area contributed by atoms with Crippen molar-refractivity contribution in [2.24, 2.45) is 0 Å². The zero-order valence-corrected chi connectivity index (χ0v) is 11.4. The number of H-pyrrole nitrogens is 2. The summed E-state index contributed by atoms with van der Waals surface area (Å²) < 4.78 is 13.6. The second-order valence-corrected chi connectivity index (χ2v) is 6.96. The van der Waals surface area contributed by atoms with Crippen LogP contribution in [-0.4, -0.2) is 15.4 Å². The Balaban J connectivity index is 2.33. The van der Waals surface area contributed by atoms with Crippen molar-refractivity contribution in [2.75, 3.05) is 0 Å². The molecule has 0 radical (unpaired) electrons. The van der Waals surface area contributed by atoms with Crippen LogP contribution in [0.2, 0.25) is 0 Å². The predicted molar refractivity (Wildman–Crippen MR) is 78.6 cm³/mol. The summed E-state index contributed by atoms with van der Waals surface area (Å²) in [4.78, 5) is 11.9. The Morgan fingerprint density at radius 2 is 1.35 bits per heavy atom. The monoisotopic (exact) mass is 285 g/mol. The van der Waals surface area contributed by atoms with Crippen molar-refractivity contribution < 1.29 is 4.57 Å². The van der Waals surface area contributed by atoms with E-state index in [0.29, 0.717) is 10.6 Å². The normalized spacial score (nSPS) is 11.4. The molecule has 3 rings (SSSR count). The largest absolute Gasteiger partial charge is 0.307 e. The van der Waals surface area contributed by atoms with E-state index in [1.165, 1.54) is 0 Å². The molecule has 1 heterocycles. The molecule has 0 saturated carbocycles. The van der Waals surface area contributed by atoms with Gasteiger partial charge in [-0.1, -0.05) is 60.7 Å². The van der Waals surface area contributed by atoms with Gasteiger partial charge in [-0.25, -0.2) is 10.3 Å². The van der Waals surface area contributed by atoms with Gasteiger partial charge >= 0.3 is 0 Å². The summed E-state index contributed by atoms with van der Waals surface area (Å²) in [6.07, 6.45) is 0. The highest BCUT2D eigenvalue weighted by Crippen LogP contribution is 2.39. The molecule has 0 aliphatic rings. The fourth-order valence-electron chi connectivity index (χ4n) is 2.12. The molecular weight excluding hydrogens is 273 g/mol. The predicted octanol–water partition coefficient (Wildman–Crippen LogP) is 0.737. The van der Waals surface area contributed by atoms with E-state index in [1.54, 1.807) is 48.5 Å². The van der Waals surface area contributed by atoms with Crippen LogP contribution >= 0.6 is 7.14 Å². The fraction of sp³-hybridized carbons (Fsp3) is 0. The summed E-state index contributed by atoms with van der Waals surface area (Å²) in [6, 6.07) is 17.9. The number of aromatic amines is 2. The summed E-state index contributed by atoms with van der Waals surface area (Å²) in [5.74, 6) is 0. The first-order valence-corrected chi connectivity index (χ1v) is 7.78. The number of nitrogens with zero attached hydrogens (tertiary/aromatic N) is 1. The average Bonchev–Trinajstić information content (AvgIpc) is 2.95. The van der Waals surface area contributed by atoms with Gasteiger partial charge in [0.05, 0.1) is 0 Å². The minimum absolute atomic E-state index is 0.0231. The first-order valence-electron chi connectivity index (χ1n) is 6.08. The number of aromatic nitrogens is 3. The van der Waals surface area contributed by atoms with Gasteiger partial charge in [0.15, 0.2) is 12.6 Å². The minimum atomic E-state index is -3.25. The molecule has 0 saturated heterocycles. The molecule has 0 atom stereocenters. The maximum Gasteiger partial charge on any atom is 0.295 e. The second kappa shape index (κ2) is 4.94. The van der Waals surface area contributed by atoms with Crippen LogP contribution in [-0.2, 0) is 4.57 Å². The van der Waals surface area contributed by atoms with Crippen LogP contribution in [0.25, 0.3) is 0 Å². The number of hydrogen-bond donors (Lipinski definition) is 2. The van der Waals surface area contributed by atoms with Gasteiger partial charge in [-0.3, -0.25) is 4.79 Å². The van der Waals surface area contributed by atoms with Gasteiger partial charge < -0.3 is 4.57 Å². The molecule has 0 aliphatic heterocycles. The topological polar surface area (TPSA) is 78.6 Å². The summed E-state index contributed by atoms with van der Waals surface area (Å²) >= 11 is 0. The molecule has 2 N–H and O–H groups in total. The highest BCUT2D eigenvalue weighted by Gasteiger charge is 2.34. The maximum absolute atomic E-state index is 13.6. The SMILES string of the molecule is O=c1[nH][nH]nc1P(=O)(c1ccccc1)c1ccccc1. The van der Waals surface area contributed by atoms with E-state index in [1.807, 2.05) is 12.1 Å². The zero-order chi connectivity index (χ0) is 14.0. The van der Waals surface area contributed by atoms with Gasteiger partial charge in [0.25, 0.3) is 5.56 Å². The third-order valence-electron chi connectivity index (χ3n) is 3.07. The van der Waals surface area contributed by atoms with Crippen LogP contribution in [0.3, 0.4) is 0 Å². The lowest BCUT2D eigenvalue weighted by atomic mass is 10.4. The number of rotatable bonds is 3. The molecule has 6 heteroatoms. The van der Waals surface area contributed by atoms with Crippen molar-refractivity contribution in [3.63, 3.8) is 0 Å². The molecule has 2 aromatic carbocycles. The molecule has 0 amide bonds. The van der Waals surface area contributed by atoms with Gasteiger partial charge in [0.1, 0.15) is 0 Å². The highest BCUT2D eigenvalue weighted by molar-refractivity contribution is 7.85. The lowest BCUT2D eigenvalue weighted by Crippen LogP contribution is -2.34. The van der Waals surface area contributed by atoms with E-state index in [4.69, 9.17) is 0 Å². The van der Waals surface area contributed by atoms with E-state index in [9.17, 15) is 9.36 Å². The summed E-state index contributed by atoms with van der Waals surface area (Å²) in [7, 11) is -3.25. The molecular formula is C14H12N3O2P. The number of benzene rings is 2. The minimum Gasteiger partial charge on any atom is -0.307 e. The Kier molecular flexibility index (Phi) is 3.12. The Labute approximate surface area is 115 Å². The Bertz CT molecular complexity index is 765. The van der Waals surface area contributed by atoms with Gasteiger partial charge in [0, 0.05) is 10.6 Å². The standard InChI is InChI=1S/C14H12N3O2P/c18-13-14(16-17-15-13)20(19,11-7-3-1-4-8-11)12-9-5-2-6-10-12/h1-10H,(H2,15,16,17,18). The molecule has 100 valence electrons.